The highest BCUT2D eigenvalue weighted by Crippen LogP contribution is 2.37. The number of hydrogen-bond donors (Lipinski definition) is 1. The second kappa shape index (κ2) is 6.65. The van der Waals surface area contributed by atoms with Gasteiger partial charge in [-0.15, -0.1) is 0 Å². The summed E-state index contributed by atoms with van der Waals surface area (Å²) in [5, 5.41) is 14.6. The summed E-state index contributed by atoms with van der Waals surface area (Å²) in [4.78, 5) is 25.8. The number of amides is 1. The number of benzene rings is 1. The topological polar surface area (TPSA) is 75.5 Å². The quantitative estimate of drug-likeness (QED) is 0.666. The van der Waals surface area contributed by atoms with E-state index >= 15 is 0 Å². The molecule has 1 saturated heterocycles. The van der Waals surface area contributed by atoms with Crippen molar-refractivity contribution >= 4 is 17.3 Å². The molecule has 0 bridgehead atoms. The Bertz CT molecular complexity index is 686. The number of fused-ring (bicyclic) bond motifs is 1. The Morgan fingerprint density at radius 2 is 1.88 bits per heavy atom. The van der Waals surface area contributed by atoms with Gasteiger partial charge in [-0.25, -0.2) is 0 Å². The van der Waals surface area contributed by atoms with E-state index < -0.39 is 4.92 Å². The van der Waals surface area contributed by atoms with E-state index in [4.69, 9.17) is 0 Å². The summed E-state index contributed by atoms with van der Waals surface area (Å²) in [6.07, 6.45) is 8.24. The van der Waals surface area contributed by atoms with Crippen molar-refractivity contribution in [3.8, 4) is 0 Å². The lowest BCUT2D eigenvalue weighted by atomic mass is 9.75. The van der Waals surface area contributed by atoms with Gasteiger partial charge in [0.2, 0.25) is 0 Å². The molecule has 1 heterocycles. The lowest BCUT2D eigenvalue weighted by Gasteiger charge is -2.41. The van der Waals surface area contributed by atoms with Crippen LogP contribution in [0.25, 0.3) is 0 Å². The molecule has 6 nitrogen and oxygen atoms in total. The van der Waals surface area contributed by atoms with E-state index in [0.717, 1.165) is 38.3 Å². The molecule has 2 atom stereocenters. The molecule has 25 heavy (non-hydrogen) atoms. The fraction of sp³-hybridized carbons (Fsp3) is 0.632. The third-order valence-corrected chi connectivity index (χ3v) is 5.96. The Morgan fingerprint density at radius 1 is 1.12 bits per heavy atom. The SMILES string of the molecule is O=C(c1ccc(NC2CC2)c([N+](=O)[O-])c1)N1CC[C@H]2CCCC[C@@H]2C1. The van der Waals surface area contributed by atoms with Gasteiger partial charge in [0, 0.05) is 30.8 Å². The molecule has 1 aromatic carbocycles. The van der Waals surface area contributed by atoms with Crippen LogP contribution < -0.4 is 5.32 Å². The number of piperidine rings is 1. The number of nitro groups is 1. The molecule has 4 rings (SSSR count). The van der Waals surface area contributed by atoms with Crippen LogP contribution in [0.15, 0.2) is 18.2 Å². The largest absolute Gasteiger partial charge is 0.377 e. The van der Waals surface area contributed by atoms with Gasteiger partial charge in [0.1, 0.15) is 5.69 Å². The second-order valence-corrected chi connectivity index (χ2v) is 7.75. The maximum absolute atomic E-state index is 12.9. The molecule has 0 radical (unpaired) electrons. The first-order valence-electron chi connectivity index (χ1n) is 9.46. The van der Waals surface area contributed by atoms with Crippen molar-refractivity contribution in [2.24, 2.45) is 11.8 Å². The molecule has 0 unspecified atom stereocenters. The van der Waals surface area contributed by atoms with Gasteiger partial charge in [-0.05, 0) is 49.7 Å². The van der Waals surface area contributed by atoms with Crippen molar-refractivity contribution < 1.29 is 9.72 Å². The van der Waals surface area contributed by atoms with E-state index in [2.05, 4.69) is 5.32 Å². The predicted octanol–water partition coefficient (Wildman–Crippen LogP) is 3.82. The maximum atomic E-state index is 12.9. The monoisotopic (exact) mass is 343 g/mol. The number of nitro benzene ring substituents is 1. The summed E-state index contributed by atoms with van der Waals surface area (Å²) in [6.45, 7) is 1.58. The number of carbonyl (C=O) groups excluding carboxylic acids is 1. The highest BCUT2D eigenvalue weighted by Gasteiger charge is 2.34. The van der Waals surface area contributed by atoms with Crippen molar-refractivity contribution in [2.45, 2.75) is 51.0 Å². The maximum Gasteiger partial charge on any atom is 0.293 e. The lowest BCUT2D eigenvalue weighted by molar-refractivity contribution is -0.384. The van der Waals surface area contributed by atoms with Crippen LogP contribution in [0, 0.1) is 22.0 Å². The Labute approximate surface area is 147 Å². The van der Waals surface area contributed by atoms with E-state index in [0.29, 0.717) is 23.2 Å². The molecule has 1 aliphatic heterocycles. The standard InChI is InChI=1S/C19H25N3O3/c23-19(21-10-9-13-3-1-2-4-15(13)12-21)14-5-8-17(20-16-6-7-16)18(11-14)22(24)25/h5,8,11,13,15-16,20H,1-4,6-7,9-10,12H2/t13-,15-/m1/s1. The van der Waals surface area contributed by atoms with Gasteiger partial charge in [-0.1, -0.05) is 19.3 Å². The van der Waals surface area contributed by atoms with Crippen LogP contribution in [0.4, 0.5) is 11.4 Å². The normalized spacial score (nSPS) is 26.0. The van der Waals surface area contributed by atoms with E-state index in [1.54, 1.807) is 12.1 Å². The molecular formula is C19H25N3O3. The first kappa shape index (κ1) is 16.4. The van der Waals surface area contributed by atoms with Gasteiger partial charge in [0.05, 0.1) is 4.92 Å². The molecule has 3 fully saturated rings. The Hall–Kier alpha value is -2.11. The van der Waals surface area contributed by atoms with Gasteiger partial charge in [0.25, 0.3) is 11.6 Å². The highest BCUT2D eigenvalue weighted by atomic mass is 16.6. The number of anilines is 1. The summed E-state index contributed by atoms with van der Waals surface area (Å²) in [6, 6.07) is 5.20. The Balaban J connectivity index is 1.51. The van der Waals surface area contributed by atoms with Crippen LogP contribution in [-0.4, -0.2) is 34.9 Å². The lowest BCUT2D eigenvalue weighted by Crippen LogP contribution is -2.44. The zero-order valence-corrected chi connectivity index (χ0v) is 14.4. The minimum Gasteiger partial charge on any atom is -0.377 e. The van der Waals surface area contributed by atoms with Crippen LogP contribution in [0.3, 0.4) is 0 Å². The number of nitrogens with zero attached hydrogens (tertiary/aromatic N) is 2. The van der Waals surface area contributed by atoms with Crippen molar-refractivity contribution in [2.75, 3.05) is 18.4 Å². The zero-order chi connectivity index (χ0) is 17.4. The third-order valence-electron chi connectivity index (χ3n) is 5.96. The molecule has 0 spiro atoms. The Morgan fingerprint density at radius 3 is 2.60 bits per heavy atom. The van der Waals surface area contributed by atoms with Crippen molar-refractivity contribution in [1.29, 1.82) is 0 Å². The van der Waals surface area contributed by atoms with E-state index in [1.165, 1.54) is 31.7 Å². The molecular weight excluding hydrogens is 318 g/mol. The summed E-state index contributed by atoms with van der Waals surface area (Å²) >= 11 is 0. The van der Waals surface area contributed by atoms with Gasteiger partial charge >= 0.3 is 0 Å². The molecule has 134 valence electrons. The number of likely N-dealkylation sites (tertiary alicyclic amines) is 1. The van der Waals surface area contributed by atoms with Crippen LogP contribution in [0.5, 0.6) is 0 Å². The molecule has 1 N–H and O–H groups in total. The minimum absolute atomic E-state index is 0.00491. The molecule has 3 aliphatic rings. The predicted molar refractivity (Wildman–Crippen MR) is 95.7 cm³/mol. The summed E-state index contributed by atoms with van der Waals surface area (Å²) < 4.78 is 0. The van der Waals surface area contributed by atoms with Crippen LogP contribution in [-0.2, 0) is 0 Å². The van der Waals surface area contributed by atoms with Crippen LogP contribution in [0.2, 0.25) is 0 Å². The zero-order valence-electron chi connectivity index (χ0n) is 14.4. The molecule has 0 aromatic heterocycles. The smallest absolute Gasteiger partial charge is 0.293 e. The molecule has 6 heteroatoms. The fourth-order valence-electron chi connectivity index (χ4n) is 4.35. The van der Waals surface area contributed by atoms with Crippen molar-refractivity contribution in [3.05, 3.63) is 33.9 Å². The van der Waals surface area contributed by atoms with Crippen LogP contribution >= 0.6 is 0 Å². The number of nitrogens with one attached hydrogen (secondary N) is 1. The first-order valence-corrected chi connectivity index (χ1v) is 9.46. The van der Waals surface area contributed by atoms with Gasteiger partial charge in [0.15, 0.2) is 0 Å². The van der Waals surface area contributed by atoms with E-state index in [-0.39, 0.29) is 11.6 Å². The molecule has 2 saturated carbocycles. The first-order chi connectivity index (χ1) is 12.1. The van der Waals surface area contributed by atoms with Crippen LogP contribution in [0.1, 0.15) is 55.3 Å². The number of rotatable bonds is 4. The highest BCUT2D eigenvalue weighted by molar-refractivity contribution is 5.95. The van der Waals surface area contributed by atoms with Gasteiger partial charge in [-0.2, -0.15) is 0 Å². The minimum atomic E-state index is -0.394. The average molecular weight is 343 g/mol. The molecule has 2 aliphatic carbocycles. The van der Waals surface area contributed by atoms with Crippen molar-refractivity contribution in [1.82, 2.24) is 4.90 Å². The van der Waals surface area contributed by atoms with E-state index in [1.807, 2.05) is 4.90 Å². The molecule has 1 amide bonds. The molecule has 1 aromatic rings. The van der Waals surface area contributed by atoms with Crippen molar-refractivity contribution in [3.63, 3.8) is 0 Å². The fourth-order valence-corrected chi connectivity index (χ4v) is 4.35. The summed E-state index contributed by atoms with van der Waals surface area (Å²) in [5.41, 5.74) is 0.961. The second-order valence-electron chi connectivity index (χ2n) is 7.75. The summed E-state index contributed by atoms with van der Waals surface area (Å²) in [5.74, 6) is 1.31. The third kappa shape index (κ3) is 3.48. The van der Waals surface area contributed by atoms with E-state index in [9.17, 15) is 14.9 Å². The average Bonchev–Trinajstić information content (AvgIpc) is 3.45. The Kier molecular flexibility index (Phi) is 4.36. The summed E-state index contributed by atoms with van der Waals surface area (Å²) in [7, 11) is 0. The number of carbonyl (C=O) groups is 1. The van der Waals surface area contributed by atoms with Gasteiger partial charge < -0.3 is 10.2 Å². The van der Waals surface area contributed by atoms with Gasteiger partial charge in [-0.3, -0.25) is 14.9 Å². The number of hydrogen-bond acceptors (Lipinski definition) is 4.